The molecule has 31 heavy (non-hydrogen) atoms. The fourth-order valence-corrected chi connectivity index (χ4v) is 4.78. The van der Waals surface area contributed by atoms with Crippen molar-refractivity contribution in [3.8, 4) is 0 Å². The zero-order valence-electron chi connectivity index (χ0n) is 18.2. The van der Waals surface area contributed by atoms with Gasteiger partial charge in [-0.15, -0.1) is 0 Å². The molecule has 0 aromatic carbocycles. The second-order valence-electron chi connectivity index (χ2n) is 7.64. The number of unbranched alkanes of at least 4 members (excludes halogenated alkanes) is 5. The molecule has 1 N–H and O–H groups in total. The second kappa shape index (κ2) is 11.4. The van der Waals surface area contributed by atoms with E-state index in [1.807, 2.05) is 13.0 Å². The van der Waals surface area contributed by atoms with Crippen molar-refractivity contribution in [3.63, 3.8) is 0 Å². The summed E-state index contributed by atoms with van der Waals surface area (Å²) in [5.41, 5.74) is 0.751. The van der Waals surface area contributed by atoms with E-state index in [1.165, 1.54) is 41.8 Å². The number of fused-ring (bicyclic) bond motifs is 1. The predicted octanol–water partition coefficient (Wildman–Crippen LogP) is 5.08. The summed E-state index contributed by atoms with van der Waals surface area (Å²) in [6, 6.07) is 5.43. The van der Waals surface area contributed by atoms with E-state index in [1.54, 1.807) is 29.3 Å². The van der Waals surface area contributed by atoms with Crippen molar-refractivity contribution in [1.29, 1.82) is 0 Å². The van der Waals surface area contributed by atoms with E-state index in [0.717, 1.165) is 19.3 Å². The van der Waals surface area contributed by atoms with Crippen LogP contribution in [0.4, 0.5) is 5.82 Å². The Morgan fingerprint density at radius 3 is 2.65 bits per heavy atom. The molecule has 1 aliphatic rings. The summed E-state index contributed by atoms with van der Waals surface area (Å²) in [4.78, 5) is 32.9. The monoisotopic (exact) mass is 458 g/mol. The third kappa shape index (κ3) is 5.74. The van der Waals surface area contributed by atoms with Gasteiger partial charge in [-0.3, -0.25) is 18.9 Å². The zero-order valence-corrected chi connectivity index (χ0v) is 19.9. The van der Waals surface area contributed by atoms with Crippen LogP contribution >= 0.6 is 24.0 Å². The van der Waals surface area contributed by atoms with Crippen molar-refractivity contribution >= 4 is 51.7 Å². The summed E-state index contributed by atoms with van der Waals surface area (Å²) >= 11 is 6.72. The third-order valence-corrected chi connectivity index (χ3v) is 6.57. The molecule has 1 aliphatic heterocycles. The smallest absolute Gasteiger partial charge is 0.267 e. The van der Waals surface area contributed by atoms with Crippen LogP contribution in [-0.2, 0) is 4.79 Å². The molecule has 1 saturated heterocycles. The van der Waals surface area contributed by atoms with Gasteiger partial charge in [0.05, 0.1) is 10.5 Å². The number of rotatable bonds is 11. The number of carbonyl (C=O) groups is 1. The van der Waals surface area contributed by atoms with E-state index in [2.05, 4.69) is 17.2 Å². The van der Waals surface area contributed by atoms with Gasteiger partial charge in [-0.25, -0.2) is 4.98 Å². The Hall–Kier alpha value is -2.19. The van der Waals surface area contributed by atoms with Crippen LogP contribution < -0.4 is 10.9 Å². The van der Waals surface area contributed by atoms with E-state index in [-0.39, 0.29) is 11.5 Å². The van der Waals surface area contributed by atoms with E-state index < -0.39 is 0 Å². The number of nitrogens with zero attached hydrogens (tertiary/aromatic N) is 3. The maximum atomic E-state index is 13.1. The van der Waals surface area contributed by atoms with Crippen LogP contribution in [-0.4, -0.2) is 37.6 Å². The quantitative estimate of drug-likeness (QED) is 0.288. The molecule has 6 nitrogen and oxygen atoms in total. The first-order valence-electron chi connectivity index (χ1n) is 11.1. The van der Waals surface area contributed by atoms with Crippen molar-refractivity contribution in [2.24, 2.45) is 0 Å². The Labute approximate surface area is 193 Å². The zero-order chi connectivity index (χ0) is 22.2. The van der Waals surface area contributed by atoms with Crippen molar-refractivity contribution in [3.05, 3.63) is 45.2 Å². The minimum atomic E-state index is -0.203. The summed E-state index contributed by atoms with van der Waals surface area (Å²) in [5.74, 6) is 0.377. The average molecular weight is 459 g/mol. The van der Waals surface area contributed by atoms with Gasteiger partial charge >= 0.3 is 0 Å². The minimum absolute atomic E-state index is 0.123. The van der Waals surface area contributed by atoms with Gasteiger partial charge in [-0.1, -0.05) is 76.0 Å². The lowest BCUT2D eigenvalue weighted by Gasteiger charge is -2.14. The lowest BCUT2D eigenvalue weighted by atomic mass is 10.1. The van der Waals surface area contributed by atoms with Crippen molar-refractivity contribution < 1.29 is 4.79 Å². The molecule has 0 atom stereocenters. The summed E-state index contributed by atoms with van der Waals surface area (Å²) in [6.45, 7) is 5.57. The van der Waals surface area contributed by atoms with Crippen LogP contribution in [0.25, 0.3) is 11.7 Å². The molecule has 3 rings (SSSR count). The lowest BCUT2D eigenvalue weighted by molar-refractivity contribution is -0.122. The molecule has 1 fully saturated rings. The number of hydrogen-bond donors (Lipinski definition) is 1. The van der Waals surface area contributed by atoms with E-state index in [9.17, 15) is 9.59 Å². The molecule has 0 aliphatic carbocycles. The van der Waals surface area contributed by atoms with Gasteiger partial charge in [0.1, 0.15) is 15.8 Å². The lowest BCUT2D eigenvalue weighted by Crippen LogP contribution is -2.29. The number of aromatic nitrogens is 2. The molecular formula is C23H30N4O2S2. The molecule has 0 radical (unpaired) electrons. The summed E-state index contributed by atoms with van der Waals surface area (Å²) in [7, 11) is 0. The highest BCUT2D eigenvalue weighted by Crippen LogP contribution is 2.33. The second-order valence-corrected chi connectivity index (χ2v) is 9.31. The minimum Gasteiger partial charge on any atom is -0.369 e. The normalized spacial score (nSPS) is 15.4. The molecule has 1 amide bonds. The number of nitrogens with one attached hydrogen (secondary N) is 1. The molecule has 8 heteroatoms. The number of amides is 1. The Kier molecular flexibility index (Phi) is 8.66. The molecule has 0 bridgehead atoms. The van der Waals surface area contributed by atoms with Crippen molar-refractivity contribution in [2.45, 2.75) is 58.8 Å². The van der Waals surface area contributed by atoms with Crippen LogP contribution in [0.3, 0.4) is 0 Å². The van der Waals surface area contributed by atoms with Gasteiger partial charge in [0.15, 0.2) is 0 Å². The Morgan fingerprint density at radius 1 is 1.10 bits per heavy atom. The summed E-state index contributed by atoms with van der Waals surface area (Å²) in [5, 5.41) is 3.23. The van der Waals surface area contributed by atoms with Crippen LogP contribution in [0.5, 0.6) is 0 Å². The van der Waals surface area contributed by atoms with Crippen molar-refractivity contribution in [1.82, 2.24) is 14.3 Å². The average Bonchev–Trinajstić information content (AvgIpc) is 3.04. The van der Waals surface area contributed by atoms with E-state index in [4.69, 9.17) is 12.2 Å². The number of thiocarbonyl (C=S) groups is 1. The topological polar surface area (TPSA) is 66.7 Å². The number of pyridine rings is 1. The molecule has 2 aromatic heterocycles. The predicted molar refractivity (Wildman–Crippen MR) is 133 cm³/mol. The van der Waals surface area contributed by atoms with E-state index in [0.29, 0.717) is 39.3 Å². The highest BCUT2D eigenvalue weighted by Gasteiger charge is 2.32. The molecule has 0 unspecified atom stereocenters. The Bertz CT molecular complexity index is 1030. The molecule has 0 spiro atoms. The molecule has 2 aromatic rings. The number of anilines is 1. The van der Waals surface area contributed by atoms with Gasteiger partial charge in [0.25, 0.3) is 11.5 Å². The summed E-state index contributed by atoms with van der Waals surface area (Å²) in [6.07, 6.45) is 11.2. The Balaban J connectivity index is 1.82. The van der Waals surface area contributed by atoms with Crippen LogP contribution in [0, 0.1) is 0 Å². The molecule has 3 heterocycles. The first-order valence-corrected chi connectivity index (χ1v) is 12.3. The third-order valence-electron chi connectivity index (χ3n) is 5.20. The summed E-state index contributed by atoms with van der Waals surface area (Å²) < 4.78 is 2.06. The maximum Gasteiger partial charge on any atom is 0.267 e. The Morgan fingerprint density at radius 2 is 1.87 bits per heavy atom. The molecule has 166 valence electrons. The van der Waals surface area contributed by atoms with Crippen LogP contribution in [0.15, 0.2) is 34.1 Å². The van der Waals surface area contributed by atoms with Crippen LogP contribution in [0.2, 0.25) is 0 Å². The highest BCUT2D eigenvalue weighted by atomic mass is 32.2. The van der Waals surface area contributed by atoms with Gasteiger partial charge in [0.2, 0.25) is 0 Å². The molecule has 0 saturated carbocycles. The van der Waals surface area contributed by atoms with Gasteiger partial charge < -0.3 is 5.32 Å². The highest BCUT2D eigenvalue weighted by molar-refractivity contribution is 8.26. The van der Waals surface area contributed by atoms with Crippen LogP contribution in [0.1, 0.15) is 64.4 Å². The number of carbonyl (C=O) groups excluding carboxylic acids is 1. The van der Waals surface area contributed by atoms with Gasteiger partial charge in [-0.05, 0) is 31.1 Å². The van der Waals surface area contributed by atoms with Gasteiger partial charge in [-0.2, -0.15) is 0 Å². The first kappa shape index (κ1) is 23.5. The standard InChI is InChI=1S/C23H30N4O2S2/c1-3-5-6-7-8-10-15-27-22(29)18(31-23(27)30)16-17-20(24-13-4-2)25-19-12-9-11-14-26(19)21(17)28/h9,11-12,14,16,24H,3-8,10,13,15H2,1-2H3/b18-16+. The van der Waals surface area contributed by atoms with E-state index >= 15 is 0 Å². The maximum absolute atomic E-state index is 13.1. The van der Waals surface area contributed by atoms with Crippen molar-refractivity contribution in [2.75, 3.05) is 18.4 Å². The van der Waals surface area contributed by atoms with Gasteiger partial charge in [0, 0.05) is 19.3 Å². The number of thioether (sulfide) groups is 1. The first-order chi connectivity index (χ1) is 15.1. The SMILES string of the molecule is CCCCCCCCN1C(=O)/C(=C\c2c(NCCC)nc3ccccn3c2=O)SC1=S. The fraction of sp³-hybridized carbons (Fsp3) is 0.478. The number of hydrogen-bond acceptors (Lipinski definition) is 6. The fourth-order valence-electron chi connectivity index (χ4n) is 3.49. The largest absolute Gasteiger partial charge is 0.369 e. The molecular weight excluding hydrogens is 428 g/mol.